The average molecular weight is 325 g/mol. The lowest BCUT2D eigenvalue weighted by Crippen LogP contribution is -2.30. The predicted octanol–water partition coefficient (Wildman–Crippen LogP) is 6.83. The van der Waals surface area contributed by atoms with Crippen molar-refractivity contribution in [2.45, 2.75) is 26.2 Å². The molecule has 124 valence electrons. The topological polar surface area (TPSA) is 3.24 Å². The van der Waals surface area contributed by atoms with Crippen LogP contribution in [0.15, 0.2) is 79.4 Å². The number of hydrogen-bond acceptors (Lipinski definition) is 1. The maximum absolute atomic E-state index is 4.13. The third kappa shape index (κ3) is 2.39. The van der Waals surface area contributed by atoms with Crippen molar-refractivity contribution >= 4 is 22.6 Å². The molecule has 25 heavy (non-hydrogen) atoms. The summed E-state index contributed by atoms with van der Waals surface area (Å²) in [7, 11) is 0. The highest BCUT2D eigenvalue weighted by Crippen LogP contribution is 2.51. The highest BCUT2D eigenvalue weighted by Gasteiger charge is 2.36. The van der Waals surface area contributed by atoms with E-state index >= 15 is 0 Å². The molecule has 1 aliphatic heterocycles. The standard InChI is InChI=1S/C24H23N/c1-17(2)18-14-15-23-21(16-18)24(3,4)20-12-8-9-13-22(20)25(23)19-10-6-5-7-11-19/h5-16H,1H2,2-4H3. The van der Waals surface area contributed by atoms with Crippen LogP contribution in [0.2, 0.25) is 0 Å². The summed E-state index contributed by atoms with van der Waals surface area (Å²) in [6, 6.07) is 26.1. The lowest BCUT2D eigenvalue weighted by atomic mass is 9.73. The molecule has 0 spiro atoms. The van der Waals surface area contributed by atoms with Gasteiger partial charge >= 0.3 is 0 Å². The van der Waals surface area contributed by atoms with Crippen molar-refractivity contribution in [2.24, 2.45) is 0 Å². The molecule has 0 unspecified atom stereocenters. The third-order valence-corrected chi connectivity index (χ3v) is 5.24. The van der Waals surface area contributed by atoms with Crippen molar-refractivity contribution in [3.63, 3.8) is 0 Å². The number of fused-ring (bicyclic) bond motifs is 2. The van der Waals surface area contributed by atoms with E-state index in [2.05, 4.69) is 105 Å². The van der Waals surface area contributed by atoms with Gasteiger partial charge in [0.1, 0.15) is 0 Å². The van der Waals surface area contributed by atoms with Gasteiger partial charge in [-0.15, -0.1) is 0 Å². The fourth-order valence-electron chi connectivity index (χ4n) is 3.82. The van der Waals surface area contributed by atoms with Gasteiger partial charge in [0, 0.05) is 11.1 Å². The largest absolute Gasteiger partial charge is 0.310 e. The molecule has 1 nitrogen and oxygen atoms in total. The second-order valence-corrected chi connectivity index (χ2v) is 7.33. The molecule has 3 aromatic rings. The summed E-state index contributed by atoms with van der Waals surface area (Å²) >= 11 is 0. The number of benzene rings is 3. The Hall–Kier alpha value is -2.80. The molecule has 0 atom stereocenters. The molecule has 4 rings (SSSR count). The zero-order valence-electron chi connectivity index (χ0n) is 15.1. The predicted molar refractivity (Wildman–Crippen MR) is 108 cm³/mol. The molecule has 0 saturated carbocycles. The Bertz CT molecular complexity index is 951. The Morgan fingerprint density at radius 2 is 1.44 bits per heavy atom. The van der Waals surface area contributed by atoms with E-state index in [9.17, 15) is 0 Å². The van der Waals surface area contributed by atoms with Gasteiger partial charge in [-0.3, -0.25) is 0 Å². The third-order valence-electron chi connectivity index (χ3n) is 5.24. The lowest BCUT2D eigenvalue weighted by Gasteiger charge is -2.42. The van der Waals surface area contributed by atoms with Gasteiger partial charge in [0.15, 0.2) is 0 Å². The van der Waals surface area contributed by atoms with Gasteiger partial charge in [0.2, 0.25) is 0 Å². The Balaban J connectivity index is 2.04. The zero-order chi connectivity index (χ0) is 17.6. The summed E-state index contributed by atoms with van der Waals surface area (Å²) in [6.45, 7) is 10.8. The summed E-state index contributed by atoms with van der Waals surface area (Å²) < 4.78 is 0. The second kappa shape index (κ2) is 5.63. The molecular weight excluding hydrogens is 302 g/mol. The van der Waals surface area contributed by atoms with Crippen molar-refractivity contribution in [3.05, 3.63) is 96.1 Å². The van der Waals surface area contributed by atoms with E-state index in [1.54, 1.807) is 0 Å². The molecule has 0 aliphatic carbocycles. The number of nitrogens with zero attached hydrogens (tertiary/aromatic N) is 1. The normalized spacial score (nSPS) is 14.6. The summed E-state index contributed by atoms with van der Waals surface area (Å²) in [6.07, 6.45) is 0. The van der Waals surface area contributed by atoms with E-state index in [4.69, 9.17) is 0 Å². The minimum Gasteiger partial charge on any atom is -0.310 e. The monoisotopic (exact) mass is 325 g/mol. The van der Waals surface area contributed by atoms with Gasteiger partial charge < -0.3 is 4.90 Å². The molecule has 1 aliphatic rings. The van der Waals surface area contributed by atoms with Crippen LogP contribution in [0.25, 0.3) is 5.57 Å². The first-order valence-corrected chi connectivity index (χ1v) is 8.75. The van der Waals surface area contributed by atoms with Gasteiger partial charge in [-0.2, -0.15) is 0 Å². The molecule has 0 bridgehead atoms. The van der Waals surface area contributed by atoms with Gasteiger partial charge in [0.05, 0.1) is 11.4 Å². The zero-order valence-corrected chi connectivity index (χ0v) is 15.1. The van der Waals surface area contributed by atoms with Crippen LogP contribution in [0, 0.1) is 0 Å². The smallest absolute Gasteiger partial charge is 0.0503 e. The van der Waals surface area contributed by atoms with Crippen LogP contribution in [0.3, 0.4) is 0 Å². The van der Waals surface area contributed by atoms with Crippen LogP contribution < -0.4 is 4.90 Å². The van der Waals surface area contributed by atoms with Crippen molar-refractivity contribution < 1.29 is 0 Å². The molecule has 0 N–H and O–H groups in total. The Labute approximate surface area is 150 Å². The first-order valence-electron chi connectivity index (χ1n) is 8.75. The van der Waals surface area contributed by atoms with Crippen LogP contribution in [-0.2, 0) is 5.41 Å². The van der Waals surface area contributed by atoms with E-state index in [0.717, 1.165) is 5.57 Å². The summed E-state index contributed by atoms with van der Waals surface area (Å²) in [4.78, 5) is 2.37. The van der Waals surface area contributed by atoms with E-state index < -0.39 is 0 Å². The molecule has 0 fully saturated rings. The fraction of sp³-hybridized carbons (Fsp3) is 0.167. The number of rotatable bonds is 2. The maximum atomic E-state index is 4.13. The van der Waals surface area contributed by atoms with E-state index in [1.807, 2.05) is 0 Å². The SMILES string of the molecule is C=C(C)c1ccc2c(c1)C(C)(C)c1ccccc1N2c1ccccc1. The quantitative estimate of drug-likeness (QED) is 0.499. The van der Waals surface area contributed by atoms with E-state index in [1.165, 1.54) is 33.8 Å². The van der Waals surface area contributed by atoms with Crippen LogP contribution in [0.5, 0.6) is 0 Å². The van der Waals surface area contributed by atoms with Crippen LogP contribution in [0.4, 0.5) is 17.1 Å². The summed E-state index contributed by atoms with van der Waals surface area (Å²) in [5.74, 6) is 0. The Morgan fingerprint density at radius 3 is 2.16 bits per heavy atom. The minimum atomic E-state index is -0.0529. The average Bonchev–Trinajstić information content (AvgIpc) is 2.62. The van der Waals surface area contributed by atoms with Crippen molar-refractivity contribution in [1.82, 2.24) is 0 Å². The number of hydrogen-bond donors (Lipinski definition) is 0. The lowest BCUT2D eigenvalue weighted by molar-refractivity contribution is 0.631. The Morgan fingerprint density at radius 1 is 0.800 bits per heavy atom. The summed E-state index contributed by atoms with van der Waals surface area (Å²) in [5, 5.41) is 0. The second-order valence-electron chi connectivity index (χ2n) is 7.33. The van der Waals surface area contributed by atoms with E-state index in [0.29, 0.717) is 0 Å². The highest BCUT2D eigenvalue weighted by atomic mass is 15.2. The number of para-hydroxylation sites is 2. The number of anilines is 3. The first kappa shape index (κ1) is 15.7. The molecule has 0 amide bonds. The molecule has 3 aromatic carbocycles. The molecule has 1 heteroatoms. The number of allylic oxidation sites excluding steroid dienone is 1. The molecule has 1 heterocycles. The van der Waals surface area contributed by atoms with Crippen molar-refractivity contribution in [2.75, 3.05) is 4.90 Å². The van der Waals surface area contributed by atoms with Gasteiger partial charge in [-0.1, -0.05) is 68.5 Å². The highest BCUT2D eigenvalue weighted by molar-refractivity contribution is 5.86. The van der Waals surface area contributed by atoms with Crippen LogP contribution >= 0.6 is 0 Å². The first-order chi connectivity index (χ1) is 12.0. The van der Waals surface area contributed by atoms with Gasteiger partial charge in [0.25, 0.3) is 0 Å². The molecule has 0 aromatic heterocycles. The Kier molecular flexibility index (Phi) is 3.54. The molecular formula is C24H23N. The van der Waals surface area contributed by atoms with Crippen molar-refractivity contribution in [1.29, 1.82) is 0 Å². The minimum absolute atomic E-state index is 0.0529. The van der Waals surface area contributed by atoms with Gasteiger partial charge in [-0.05, 0) is 53.9 Å². The fourth-order valence-corrected chi connectivity index (χ4v) is 3.82. The summed E-state index contributed by atoms with van der Waals surface area (Å²) in [5.41, 5.74) is 8.65. The van der Waals surface area contributed by atoms with Crippen molar-refractivity contribution in [3.8, 4) is 0 Å². The molecule has 0 saturated heterocycles. The van der Waals surface area contributed by atoms with E-state index in [-0.39, 0.29) is 5.41 Å². The van der Waals surface area contributed by atoms with Crippen LogP contribution in [0.1, 0.15) is 37.5 Å². The molecule has 0 radical (unpaired) electrons. The van der Waals surface area contributed by atoms with Crippen LogP contribution in [-0.4, -0.2) is 0 Å². The van der Waals surface area contributed by atoms with Gasteiger partial charge in [-0.25, -0.2) is 0 Å². The maximum Gasteiger partial charge on any atom is 0.0503 e.